The molecule has 124 valence electrons. The van der Waals surface area contributed by atoms with Crippen molar-refractivity contribution in [2.24, 2.45) is 10.8 Å². The van der Waals surface area contributed by atoms with Gasteiger partial charge >= 0.3 is 0 Å². The highest BCUT2D eigenvalue weighted by Crippen LogP contribution is 2.57. The minimum Gasteiger partial charge on any atom is -0.497 e. The van der Waals surface area contributed by atoms with Crippen LogP contribution >= 0.6 is 0 Å². The summed E-state index contributed by atoms with van der Waals surface area (Å²) in [6, 6.07) is 5.64. The third-order valence-electron chi connectivity index (χ3n) is 4.84. The molecule has 0 radical (unpaired) electrons. The number of hydrogen-bond donors (Lipinski definition) is 1. The van der Waals surface area contributed by atoms with Crippen LogP contribution in [0.15, 0.2) is 18.2 Å². The molecule has 2 unspecified atom stereocenters. The van der Waals surface area contributed by atoms with Gasteiger partial charge in [0.2, 0.25) is 0 Å². The second-order valence-corrected chi connectivity index (χ2v) is 7.74. The van der Waals surface area contributed by atoms with E-state index in [0.29, 0.717) is 18.1 Å². The van der Waals surface area contributed by atoms with Crippen LogP contribution in [0.1, 0.15) is 46.3 Å². The summed E-state index contributed by atoms with van der Waals surface area (Å²) in [5, 5.41) is 11.6. The fourth-order valence-corrected chi connectivity index (χ4v) is 3.60. The number of hydrogen-bond acceptors (Lipinski definition) is 4. The van der Waals surface area contributed by atoms with E-state index in [2.05, 4.69) is 13.8 Å². The SMILES string of the molecule is COc1cc(OC)cc(C2OCC(C)(C)C2(O)C(C)(C)C)c1. The Morgan fingerprint density at radius 1 is 1.09 bits per heavy atom. The monoisotopic (exact) mass is 308 g/mol. The lowest BCUT2D eigenvalue weighted by Crippen LogP contribution is -2.54. The average Bonchev–Trinajstić information content (AvgIpc) is 2.69. The van der Waals surface area contributed by atoms with Gasteiger partial charge in [-0.05, 0) is 23.1 Å². The molecule has 1 fully saturated rings. The van der Waals surface area contributed by atoms with Gasteiger partial charge in [0.1, 0.15) is 23.2 Å². The van der Waals surface area contributed by atoms with Crippen LogP contribution in [-0.2, 0) is 4.74 Å². The minimum atomic E-state index is -1.00. The van der Waals surface area contributed by atoms with Crippen LogP contribution in [-0.4, -0.2) is 31.5 Å². The van der Waals surface area contributed by atoms with Gasteiger partial charge in [-0.15, -0.1) is 0 Å². The Balaban J connectivity index is 2.56. The molecule has 1 heterocycles. The molecule has 0 aliphatic carbocycles. The molecule has 1 saturated heterocycles. The van der Waals surface area contributed by atoms with E-state index in [1.807, 2.05) is 39.0 Å². The lowest BCUT2D eigenvalue weighted by Gasteiger charge is -2.48. The topological polar surface area (TPSA) is 47.9 Å². The van der Waals surface area contributed by atoms with Crippen molar-refractivity contribution >= 4 is 0 Å². The molecule has 0 saturated carbocycles. The number of ether oxygens (including phenoxy) is 3. The van der Waals surface area contributed by atoms with Gasteiger partial charge in [0.25, 0.3) is 0 Å². The predicted octanol–water partition coefficient (Wildman–Crippen LogP) is 3.58. The summed E-state index contributed by atoms with van der Waals surface area (Å²) >= 11 is 0. The van der Waals surface area contributed by atoms with Crippen LogP contribution in [0.4, 0.5) is 0 Å². The molecule has 1 N–H and O–H groups in total. The van der Waals surface area contributed by atoms with E-state index < -0.39 is 11.7 Å². The third kappa shape index (κ3) is 2.48. The maximum Gasteiger partial charge on any atom is 0.122 e. The number of aliphatic hydroxyl groups is 1. The van der Waals surface area contributed by atoms with Crippen LogP contribution in [0.2, 0.25) is 0 Å². The van der Waals surface area contributed by atoms with Crippen molar-refractivity contribution in [3.05, 3.63) is 23.8 Å². The fourth-order valence-electron chi connectivity index (χ4n) is 3.60. The van der Waals surface area contributed by atoms with Crippen LogP contribution in [0, 0.1) is 10.8 Å². The molecule has 0 spiro atoms. The van der Waals surface area contributed by atoms with Crippen molar-refractivity contribution in [3.8, 4) is 11.5 Å². The van der Waals surface area contributed by atoms with E-state index in [9.17, 15) is 5.11 Å². The van der Waals surface area contributed by atoms with E-state index in [-0.39, 0.29) is 10.8 Å². The summed E-state index contributed by atoms with van der Waals surface area (Å²) in [5.41, 5.74) is -0.823. The first-order chi connectivity index (χ1) is 10.1. The van der Waals surface area contributed by atoms with Gasteiger partial charge in [0.15, 0.2) is 0 Å². The second-order valence-electron chi connectivity index (χ2n) is 7.74. The first-order valence-corrected chi connectivity index (χ1v) is 7.64. The standard InChI is InChI=1S/C18H28O4/c1-16(2,3)18(19)15(22-11-17(18,4)5)12-8-13(20-6)10-14(9-12)21-7/h8-10,15,19H,11H2,1-7H3. The molecule has 0 bridgehead atoms. The van der Waals surface area contributed by atoms with Crippen LogP contribution in [0.25, 0.3) is 0 Å². The fraction of sp³-hybridized carbons (Fsp3) is 0.667. The third-order valence-corrected chi connectivity index (χ3v) is 4.84. The average molecular weight is 308 g/mol. The van der Waals surface area contributed by atoms with E-state index in [1.54, 1.807) is 14.2 Å². The Morgan fingerprint density at radius 3 is 2.00 bits per heavy atom. The molecule has 2 rings (SSSR count). The normalized spacial score (nSPS) is 27.7. The van der Waals surface area contributed by atoms with Crippen molar-refractivity contribution in [2.45, 2.75) is 46.3 Å². The highest BCUT2D eigenvalue weighted by molar-refractivity contribution is 5.41. The van der Waals surface area contributed by atoms with Crippen LogP contribution in [0.5, 0.6) is 11.5 Å². The predicted molar refractivity (Wildman–Crippen MR) is 86.4 cm³/mol. The molecule has 1 aliphatic heterocycles. The van der Waals surface area contributed by atoms with Crippen molar-refractivity contribution < 1.29 is 19.3 Å². The van der Waals surface area contributed by atoms with Gasteiger partial charge in [-0.3, -0.25) is 0 Å². The largest absolute Gasteiger partial charge is 0.497 e. The molecule has 0 amide bonds. The van der Waals surface area contributed by atoms with Gasteiger partial charge in [-0.25, -0.2) is 0 Å². The van der Waals surface area contributed by atoms with Crippen LogP contribution in [0.3, 0.4) is 0 Å². The zero-order valence-electron chi connectivity index (χ0n) is 14.7. The summed E-state index contributed by atoms with van der Waals surface area (Å²) in [5.74, 6) is 1.39. The minimum absolute atomic E-state index is 0.339. The molecule has 4 heteroatoms. The molecule has 22 heavy (non-hydrogen) atoms. The first kappa shape index (κ1) is 17.1. The quantitative estimate of drug-likeness (QED) is 0.927. The van der Waals surface area contributed by atoms with Crippen molar-refractivity contribution in [3.63, 3.8) is 0 Å². The van der Waals surface area contributed by atoms with Crippen molar-refractivity contribution in [2.75, 3.05) is 20.8 Å². The summed E-state index contributed by atoms with van der Waals surface area (Å²) in [6.45, 7) is 10.8. The zero-order valence-corrected chi connectivity index (χ0v) is 14.7. The van der Waals surface area contributed by atoms with Crippen molar-refractivity contribution in [1.29, 1.82) is 0 Å². The Labute approximate surface area is 133 Å². The molecule has 1 aromatic carbocycles. The summed E-state index contributed by atoms with van der Waals surface area (Å²) < 4.78 is 16.7. The van der Waals surface area contributed by atoms with E-state index in [0.717, 1.165) is 5.56 Å². The van der Waals surface area contributed by atoms with Gasteiger partial charge in [-0.1, -0.05) is 34.6 Å². The molecule has 4 nitrogen and oxygen atoms in total. The molecule has 1 aromatic rings. The lowest BCUT2D eigenvalue weighted by molar-refractivity contribution is -0.149. The molecule has 0 aromatic heterocycles. The summed E-state index contributed by atoms with van der Waals surface area (Å²) in [6.07, 6.45) is -0.425. The van der Waals surface area contributed by atoms with E-state index in [1.165, 1.54) is 0 Å². The highest BCUT2D eigenvalue weighted by Gasteiger charge is 2.62. The van der Waals surface area contributed by atoms with Gasteiger partial charge < -0.3 is 19.3 Å². The maximum absolute atomic E-state index is 11.6. The van der Waals surface area contributed by atoms with Gasteiger partial charge in [0.05, 0.1) is 20.8 Å². The van der Waals surface area contributed by atoms with Crippen LogP contribution < -0.4 is 9.47 Å². The van der Waals surface area contributed by atoms with E-state index in [4.69, 9.17) is 14.2 Å². The molecular weight excluding hydrogens is 280 g/mol. The number of rotatable bonds is 3. The summed E-state index contributed by atoms with van der Waals surface area (Å²) in [7, 11) is 3.24. The van der Waals surface area contributed by atoms with E-state index >= 15 is 0 Å². The first-order valence-electron chi connectivity index (χ1n) is 7.64. The molecule has 1 aliphatic rings. The lowest BCUT2D eigenvalue weighted by atomic mass is 9.60. The Morgan fingerprint density at radius 2 is 1.59 bits per heavy atom. The van der Waals surface area contributed by atoms with Crippen molar-refractivity contribution in [1.82, 2.24) is 0 Å². The Bertz CT molecular complexity index is 522. The molecule has 2 atom stereocenters. The molecular formula is C18H28O4. The van der Waals surface area contributed by atoms with Gasteiger partial charge in [-0.2, -0.15) is 0 Å². The smallest absolute Gasteiger partial charge is 0.122 e. The highest BCUT2D eigenvalue weighted by atomic mass is 16.5. The summed E-state index contributed by atoms with van der Waals surface area (Å²) in [4.78, 5) is 0. The number of methoxy groups -OCH3 is 2. The Kier molecular flexibility index (Phi) is 4.22. The number of benzene rings is 1. The second kappa shape index (κ2) is 5.43. The maximum atomic E-state index is 11.6. The Hall–Kier alpha value is -1.26. The zero-order chi connectivity index (χ0) is 16.8. The van der Waals surface area contributed by atoms with Gasteiger partial charge in [0, 0.05) is 11.5 Å².